The third kappa shape index (κ3) is 4.46. The van der Waals surface area contributed by atoms with Gasteiger partial charge < -0.3 is 15.7 Å². The van der Waals surface area contributed by atoms with Crippen LogP contribution >= 0.6 is 0 Å². The highest BCUT2D eigenvalue weighted by Crippen LogP contribution is 2.28. The predicted molar refractivity (Wildman–Crippen MR) is 95.2 cm³/mol. The molecule has 0 saturated heterocycles. The van der Waals surface area contributed by atoms with Crippen molar-refractivity contribution in [2.75, 3.05) is 10.6 Å². The van der Waals surface area contributed by atoms with E-state index in [1.807, 2.05) is 13.0 Å². The molecule has 2 amide bonds. The largest absolute Gasteiger partial charge is 0.505 e. The number of carbonyl (C=O) groups excluding carboxylic acids is 2. The van der Waals surface area contributed by atoms with Gasteiger partial charge in [-0.3, -0.25) is 9.59 Å². The van der Waals surface area contributed by atoms with E-state index in [4.69, 9.17) is 0 Å². The third-order valence-corrected chi connectivity index (χ3v) is 3.49. The number of phenolic OH excluding ortho intramolecular Hbond substituents is 1. The molecule has 0 heterocycles. The summed E-state index contributed by atoms with van der Waals surface area (Å²) < 4.78 is 0. The Bertz CT molecular complexity index is 780. The molecule has 0 unspecified atom stereocenters. The van der Waals surface area contributed by atoms with Crippen LogP contribution in [0.5, 0.6) is 5.75 Å². The Kier molecular flexibility index (Phi) is 5.37. The van der Waals surface area contributed by atoms with E-state index in [1.54, 1.807) is 37.3 Å². The monoisotopic (exact) mass is 324 g/mol. The van der Waals surface area contributed by atoms with E-state index in [0.717, 1.165) is 11.1 Å². The maximum Gasteiger partial charge on any atom is 0.247 e. The van der Waals surface area contributed by atoms with Gasteiger partial charge in [0.1, 0.15) is 5.75 Å². The normalized spacial score (nSPS) is 10.1. The van der Waals surface area contributed by atoms with Gasteiger partial charge in [0.25, 0.3) is 0 Å². The molecule has 0 aliphatic rings. The molecule has 2 rings (SSSR count). The number of carbonyl (C=O) groups is 2. The Labute approximate surface area is 141 Å². The highest BCUT2D eigenvalue weighted by molar-refractivity contribution is 5.99. The molecule has 0 saturated carbocycles. The number of anilines is 2. The van der Waals surface area contributed by atoms with Crippen molar-refractivity contribution in [1.29, 1.82) is 0 Å². The molecule has 5 heteroatoms. The summed E-state index contributed by atoms with van der Waals surface area (Å²) in [6.07, 6.45) is 1.36. The number of phenols is 1. The molecule has 0 aromatic heterocycles. The van der Waals surface area contributed by atoms with Crippen molar-refractivity contribution >= 4 is 23.2 Å². The van der Waals surface area contributed by atoms with Crippen LogP contribution in [0.2, 0.25) is 0 Å². The predicted octanol–water partition coefficient (Wildman–Crippen LogP) is 3.31. The SMILES string of the molecule is C=CC(=O)Nc1ccc(CC(=O)Nc2cc(C)cc(C)c2O)cc1. The molecule has 0 aliphatic carbocycles. The summed E-state index contributed by atoms with van der Waals surface area (Å²) in [5.41, 5.74) is 3.52. The van der Waals surface area contributed by atoms with E-state index in [-0.39, 0.29) is 24.0 Å². The van der Waals surface area contributed by atoms with Gasteiger partial charge in [0.05, 0.1) is 12.1 Å². The number of hydrogen-bond donors (Lipinski definition) is 3. The molecule has 2 aromatic rings. The number of rotatable bonds is 5. The lowest BCUT2D eigenvalue weighted by atomic mass is 10.1. The van der Waals surface area contributed by atoms with Crippen molar-refractivity contribution < 1.29 is 14.7 Å². The molecule has 2 aromatic carbocycles. The maximum absolute atomic E-state index is 12.2. The summed E-state index contributed by atoms with van der Waals surface area (Å²) in [5, 5.41) is 15.4. The first kappa shape index (κ1) is 17.3. The number of benzene rings is 2. The van der Waals surface area contributed by atoms with Crippen LogP contribution in [0.25, 0.3) is 0 Å². The minimum atomic E-state index is -0.286. The Hall–Kier alpha value is -3.08. The van der Waals surface area contributed by atoms with E-state index >= 15 is 0 Å². The van der Waals surface area contributed by atoms with Crippen molar-refractivity contribution in [2.45, 2.75) is 20.3 Å². The Morgan fingerprint density at radius 1 is 1.12 bits per heavy atom. The lowest BCUT2D eigenvalue weighted by molar-refractivity contribution is -0.115. The lowest BCUT2D eigenvalue weighted by Crippen LogP contribution is -2.15. The highest BCUT2D eigenvalue weighted by atomic mass is 16.3. The molecule has 24 heavy (non-hydrogen) atoms. The first-order valence-corrected chi connectivity index (χ1v) is 7.51. The molecule has 0 fully saturated rings. The quantitative estimate of drug-likeness (QED) is 0.583. The van der Waals surface area contributed by atoms with Crippen LogP contribution in [0.15, 0.2) is 49.1 Å². The molecule has 0 radical (unpaired) electrons. The van der Waals surface area contributed by atoms with Crippen LogP contribution in [-0.4, -0.2) is 16.9 Å². The van der Waals surface area contributed by atoms with Gasteiger partial charge in [-0.25, -0.2) is 0 Å². The van der Waals surface area contributed by atoms with Crippen molar-refractivity contribution in [3.8, 4) is 5.75 Å². The van der Waals surface area contributed by atoms with Crippen LogP contribution in [0.1, 0.15) is 16.7 Å². The van der Waals surface area contributed by atoms with E-state index in [1.165, 1.54) is 6.08 Å². The Balaban J connectivity index is 2.02. The van der Waals surface area contributed by atoms with Gasteiger partial charge in [0.2, 0.25) is 11.8 Å². The zero-order valence-corrected chi connectivity index (χ0v) is 13.7. The van der Waals surface area contributed by atoms with E-state index < -0.39 is 0 Å². The van der Waals surface area contributed by atoms with Crippen molar-refractivity contribution in [1.82, 2.24) is 0 Å². The van der Waals surface area contributed by atoms with Gasteiger partial charge in [-0.2, -0.15) is 0 Å². The molecule has 0 bridgehead atoms. The smallest absolute Gasteiger partial charge is 0.247 e. The van der Waals surface area contributed by atoms with Gasteiger partial charge in [0, 0.05) is 5.69 Å². The molecule has 0 atom stereocenters. The minimum absolute atomic E-state index is 0.0800. The molecule has 0 aliphatic heterocycles. The minimum Gasteiger partial charge on any atom is -0.505 e. The molecule has 124 valence electrons. The third-order valence-electron chi connectivity index (χ3n) is 3.49. The second kappa shape index (κ2) is 7.46. The first-order valence-electron chi connectivity index (χ1n) is 7.51. The fraction of sp³-hybridized carbons (Fsp3) is 0.158. The molecular formula is C19H20N2O3. The van der Waals surface area contributed by atoms with Crippen LogP contribution in [-0.2, 0) is 16.0 Å². The topological polar surface area (TPSA) is 78.4 Å². The van der Waals surface area contributed by atoms with E-state index in [2.05, 4.69) is 17.2 Å². The highest BCUT2D eigenvalue weighted by Gasteiger charge is 2.10. The van der Waals surface area contributed by atoms with Gasteiger partial charge in [-0.1, -0.05) is 24.8 Å². The number of hydrogen-bond acceptors (Lipinski definition) is 3. The summed E-state index contributed by atoms with van der Waals surface area (Å²) in [6, 6.07) is 10.5. The summed E-state index contributed by atoms with van der Waals surface area (Å²) in [5.74, 6) is -0.430. The average molecular weight is 324 g/mol. The van der Waals surface area contributed by atoms with Crippen LogP contribution in [0.3, 0.4) is 0 Å². The second-order valence-electron chi connectivity index (χ2n) is 5.59. The standard InChI is InChI=1S/C19H20N2O3/c1-4-17(22)20-15-7-5-14(6-8-15)11-18(23)21-16-10-12(2)9-13(3)19(16)24/h4-10,24H,1,11H2,2-3H3,(H,20,22)(H,21,23). The molecule has 0 spiro atoms. The van der Waals surface area contributed by atoms with Gasteiger partial charge >= 0.3 is 0 Å². The number of amides is 2. The van der Waals surface area contributed by atoms with Gasteiger partial charge in [-0.15, -0.1) is 0 Å². The Morgan fingerprint density at radius 2 is 1.79 bits per heavy atom. The Morgan fingerprint density at radius 3 is 2.42 bits per heavy atom. The summed E-state index contributed by atoms with van der Waals surface area (Å²) in [7, 11) is 0. The summed E-state index contributed by atoms with van der Waals surface area (Å²) >= 11 is 0. The van der Waals surface area contributed by atoms with Gasteiger partial charge in [-0.05, 0) is 54.8 Å². The van der Waals surface area contributed by atoms with Crippen LogP contribution in [0.4, 0.5) is 11.4 Å². The van der Waals surface area contributed by atoms with E-state index in [9.17, 15) is 14.7 Å². The van der Waals surface area contributed by atoms with Crippen LogP contribution < -0.4 is 10.6 Å². The fourth-order valence-corrected chi connectivity index (χ4v) is 2.33. The lowest BCUT2D eigenvalue weighted by Gasteiger charge is -2.11. The second-order valence-corrected chi connectivity index (χ2v) is 5.59. The molecule has 3 N–H and O–H groups in total. The number of aryl methyl sites for hydroxylation is 2. The summed E-state index contributed by atoms with van der Waals surface area (Å²) in [6.45, 7) is 7.07. The van der Waals surface area contributed by atoms with Gasteiger partial charge in [0.15, 0.2) is 0 Å². The molecular weight excluding hydrogens is 304 g/mol. The maximum atomic E-state index is 12.2. The van der Waals surface area contributed by atoms with Crippen LogP contribution in [0, 0.1) is 13.8 Å². The first-order chi connectivity index (χ1) is 11.4. The van der Waals surface area contributed by atoms with Crippen molar-refractivity contribution in [3.05, 3.63) is 65.7 Å². The van der Waals surface area contributed by atoms with E-state index in [0.29, 0.717) is 16.9 Å². The number of nitrogens with one attached hydrogen (secondary N) is 2. The molecule has 5 nitrogen and oxygen atoms in total. The fourth-order valence-electron chi connectivity index (χ4n) is 2.33. The zero-order valence-electron chi connectivity index (χ0n) is 13.7. The number of aromatic hydroxyl groups is 1. The zero-order chi connectivity index (χ0) is 17.7. The average Bonchev–Trinajstić information content (AvgIpc) is 2.53. The summed E-state index contributed by atoms with van der Waals surface area (Å²) in [4.78, 5) is 23.4. The van der Waals surface area contributed by atoms with Crippen molar-refractivity contribution in [3.63, 3.8) is 0 Å². The van der Waals surface area contributed by atoms with Crippen molar-refractivity contribution in [2.24, 2.45) is 0 Å².